The van der Waals surface area contributed by atoms with E-state index >= 15 is 0 Å². The van der Waals surface area contributed by atoms with Crippen molar-refractivity contribution in [2.45, 2.75) is 50.7 Å². The van der Waals surface area contributed by atoms with E-state index in [1.165, 1.54) is 11.6 Å². The highest BCUT2D eigenvalue weighted by molar-refractivity contribution is 5.39. The average Bonchev–Trinajstić information content (AvgIpc) is 2.75. The molecule has 2 rings (SSSR count). The van der Waals surface area contributed by atoms with Crippen LogP contribution in [0.5, 0.6) is 5.75 Å². The van der Waals surface area contributed by atoms with Crippen molar-refractivity contribution in [3.63, 3.8) is 0 Å². The topological polar surface area (TPSA) is 75.7 Å². The maximum atomic E-state index is 13.5. The molecule has 0 unspecified atom stereocenters. The molecule has 7 heteroatoms. The van der Waals surface area contributed by atoms with Crippen LogP contribution in [0.3, 0.4) is 0 Å². The predicted octanol–water partition coefficient (Wildman–Crippen LogP) is 3.89. The van der Waals surface area contributed by atoms with Gasteiger partial charge in [0.1, 0.15) is 5.75 Å². The Morgan fingerprint density at radius 3 is 2.07 bits per heavy atom. The van der Waals surface area contributed by atoms with Gasteiger partial charge in [0.15, 0.2) is 0 Å². The van der Waals surface area contributed by atoms with Crippen LogP contribution < -0.4 is 10.5 Å². The summed E-state index contributed by atoms with van der Waals surface area (Å²) in [4.78, 5) is 0. The van der Waals surface area contributed by atoms with E-state index in [2.05, 4.69) is 19.1 Å². The Morgan fingerprint density at radius 1 is 0.900 bits per heavy atom. The fraction of sp³-hybridized carbons (Fsp3) is 0.478. The second-order valence-corrected chi connectivity index (χ2v) is 7.63. The molecule has 0 bridgehead atoms. The maximum absolute atomic E-state index is 13.5. The van der Waals surface area contributed by atoms with E-state index < -0.39 is 30.5 Å². The average molecular weight is 425 g/mol. The first-order valence-electron chi connectivity index (χ1n) is 10.1. The molecule has 2 aromatic rings. The number of aliphatic hydroxyl groups is 2. The monoisotopic (exact) mass is 425 g/mol. The molecule has 0 aliphatic heterocycles. The quantitative estimate of drug-likeness (QED) is 0.478. The molecule has 0 aromatic heterocycles. The van der Waals surface area contributed by atoms with Crippen LogP contribution >= 0.6 is 0 Å². The Bertz CT molecular complexity index is 787. The van der Waals surface area contributed by atoms with Crippen LogP contribution in [0.25, 0.3) is 0 Å². The van der Waals surface area contributed by atoms with E-state index in [9.17, 15) is 23.4 Å². The molecule has 0 radical (unpaired) electrons. The van der Waals surface area contributed by atoms with Crippen molar-refractivity contribution in [3.8, 4) is 5.75 Å². The van der Waals surface area contributed by atoms with Crippen LogP contribution in [-0.4, -0.2) is 35.6 Å². The number of aliphatic hydroxyl groups excluding tert-OH is 2. The van der Waals surface area contributed by atoms with Crippen LogP contribution in [-0.2, 0) is 25.4 Å². The lowest BCUT2D eigenvalue weighted by molar-refractivity contribution is -0.139. The Labute approximate surface area is 175 Å². The summed E-state index contributed by atoms with van der Waals surface area (Å²) in [6, 6.07) is 12.1. The SMILES string of the molecule is CCc1ccc(CCCOc2ccc(CCC(N)(CO)CO)cc2C(F)(F)F)cc1. The summed E-state index contributed by atoms with van der Waals surface area (Å²) in [5.74, 6) is -0.198. The van der Waals surface area contributed by atoms with E-state index in [0.29, 0.717) is 12.0 Å². The molecular weight excluding hydrogens is 395 g/mol. The molecule has 2 aromatic carbocycles. The van der Waals surface area contributed by atoms with Crippen LogP contribution in [0, 0.1) is 0 Å². The number of nitrogens with two attached hydrogens (primary N) is 1. The smallest absolute Gasteiger partial charge is 0.419 e. The summed E-state index contributed by atoms with van der Waals surface area (Å²) in [5, 5.41) is 18.5. The summed E-state index contributed by atoms with van der Waals surface area (Å²) in [5.41, 5.74) is 6.54. The van der Waals surface area contributed by atoms with Gasteiger partial charge in [0.2, 0.25) is 0 Å². The molecule has 0 aliphatic carbocycles. The summed E-state index contributed by atoms with van der Waals surface area (Å²) in [7, 11) is 0. The second kappa shape index (κ2) is 10.8. The van der Waals surface area contributed by atoms with Gasteiger partial charge in [-0.25, -0.2) is 0 Å². The zero-order valence-electron chi connectivity index (χ0n) is 17.2. The van der Waals surface area contributed by atoms with Crippen LogP contribution in [0.2, 0.25) is 0 Å². The van der Waals surface area contributed by atoms with Gasteiger partial charge in [-0.05, 0) is 60.9 Å². The maximum Gasteiger partial charge on any atom is 0.419 e. The van der Waals surface area contributed by atoms with Gasteiger partial charge in [0.05, 0.1) is 30.9 Å². The fourth-order valence-electron chi connectivity index (χ4n) is 3.08. The molecule has 0 saturated heterocycles. The zero-order chi connectivity index (χ0) is 22.2. The third-order valence-electron chi connectivity index (χ3n) is 5.19. The summed E-state index contributed by atoms with van der Waals surface area (Å²) < 4.78 is 45.9. The van der Waals surface area contributed by atoms with Crippen molar-refractivity contribution in [2.24, 2.45) is 5.73 Å². The number of rotatable bonds is 11. The van der Waals surface area contributed by atoms with Gasteiger partial charge in [-0.15, -0.1) is 0 Å². The van der Waals surface area contributed by atoms with E-state index in [4.69, 9.17) is 10.5 Å². The Kier molecular flexibility index (Phi) is 8.70. The summed E-state index contributed by atoms with van der Waals surface area (Å²) >= 11 is 0. The number of ether oxygens (including phenoxy) is 1. The Morgan fingerprint density at radius 2 is 1.50 bits per heavy atom. The minimum atomic E-state index is -4.55. The third kappa shape index (κ3) is 7.00. The van der Waals surface area contributed by atoms with E-state index in [0.717, 1.165) is 24.5 Å². The van der Waals surface area contributed by atoms with Gasteiger partial charge in [-0.3, -0.25) is 0 Å². The first kappa shape index (κ1) is 24.2. The highest BCUT2D eigenvalue weighted by atomic mass is 19.4. The van der Waals surface area contributed by atoms with Crippen LogP contribution in [0.4, 0.5) is 13.2 Å². The first-order valence-corrected chi connectivity index (χ1v) is 10.1. The molecule has 0 saturated carbocycles. The lowest BCUT2D eigenvalue weighted by atomic mass is 9.93. The van der Waals surface area contributed by atoms with Gasteiger partial charge >= 0.3 is 6.18 Å². The molecule has 0 aliphatic rings. The second-order valence-electron chi connectivity index (χ2n) is 7.63. The minimum absolute atomic E-state index is 0.161. The molecule has 0 atom stereocenters. The van der Waals surface area contributed by atoms with Crippen LogP contribution in [0.15, 0.2) is 42.5 Å². The van der Waals surface area contributed by atoms with Crippen molar-refractivity contribution in [1.29, 1.82) is 0 Å². The molecule has 30 heavy (non-hydrogen) atoms. The van der Waals surface area contributed by atoms with Crippen molar-refractivity contribution in [2.75, 3.05) is 19.8 Å². The number of hydrogen-bond donors (Lipinski definition) is 3. The molecule has 0 amide bonds. The number of alkyl halides is 3. The van der Waals surface area contributed by atoms with E-state index in [1.807, 2.05) is 12.1 Å². The fourth-order valence-corrected chi connectivity index (χ4v) is 3.08. The van der Waals surface area contributed by atoms with Gasteiger partial charge in [0.25, 0.3) is 0 Å². The van der Waals surface area contributed by atoms with Crippen molar-refractivity contribution >= 4 is 0 Å². The molecule has 166 valence electrons. The predicted molar refractivity (Wildman–Crippen MR) is 110 cm³/mol. The summed E-state index contributed by atoms with van der Waals surface area (Å²) in [6.45, 7) is 1.37. The highest BCUT2D eigenvalue weighted by Crippen LogP contribution is 2.37. The van der Waals surface area contributed by atoms with Crippen molar-refractivity contribution in [1.82, 2.24) is 0 Å². The van der Waals surface area contributed by atoms with E-state index in [1.54, 1.807) is 6.07 Å². The lowest BCUT2D eigenvalue weighted by Crippen LogP contribution is -2.47. The third-order valence-corrected chi connectivity index (χ3v) is 5.19. The van der Waals surface area contributed by atoms with Gasteiger partial charge in [-0.1, -0.05) is 37.3 Å². The van der Waals surface area contributed by atoms with Gasteiger partial charge < -0.3 is 20.7 Å². The van der Waals surface area contributed by atoms with Gasteiger partial charge in [-0.2, -0.15) is 13.2 Å². The number of halogens is 3. The number of benzene rings is 2. The number of hydrogen-bond acceptors (Lipinski definition) is 4. The Hall–Kier alpha value is -2.09. The molecule has 0 heterocycles. The standard InChI is InChI=1S/C23H30F3NO3/c1-2-17-5-7-18(8-6-17)4-3-13-30-21-10-9-19(14-20(21)23(24,25)26)11-12-22(27,15-28)16-29/h5-10,14,28-29H,2-4,11-13,15-16,27H2,1H3. The lowest BCUT2D eigenvalue weighted by Gasteiger charge is -2.24. The van der Waals surface area contributed by atoms with Crippen LogP contribution in [0.1, 0.15) is 42.0 Å². The Balaban J connectivity index is 1.99. The molecule has 0 spiro atoms. The minimum Gasteiger partial charge on any atom is -0.493 e. The highest BCUT2D eigenvalue weighted by Gasteiger charge is 2.35. The largest absolute Gasteiger partial charge is 0.493 e. The van der Waals surface area contributed by atoms with E-state index in [-0.39, 0.29) is 25.2 Å². The first-order chi connectivity index (χ1) is 14.2. The normalized spacial score (nSPS) is 12.2. The molecule has 4 nitrogen and oxygen atoms in total. The zero-order valence-corrected chi connectivity index (χ0v) is 17.2. The molecule has 4 N–H and O–H groups in total. The van der Waals surface area contributed by atoms with Crippen molar-refractivity contribution < 1.29 is 28.1 Å². The molecule has 0 fully saturated rings. The molecular formula is C23H30F3NO3. The number of aryl methyl sites for hydroxylation is 3. The van der Waals surface area contributed by atoms with Gasteiger partial charge in [0, 0.05) is 0 Å². The van der Waals surface area contributed by atoms with Crippen molar-refractivity contribution in [3.05, 3.63) is 64.7 Å². The summed E-state index contributed by atoms with van der Waals surface area (Å²) in [6.07, 6.45) is -1.89.